The van der Waals surface area contributed by atoms with Crippen LogP contribution in [0.25, 0.3) is 0 Å². The maximum absolute atomic E-state index is 11.8. The predicted molar refractivity (Wildman–Crippen MR) is 76.0 cm³/mol. The first-order valence-corrected chi connectivity index (χ1v) is 7.12. The minimum atomic E-state index is -0.758. The van der Waals surface area contributed by atoms with Gasteiger partial charge in [0, 0.05) is 11.4 Å². The molecule has 0 saturated heterocycles. The summed E-state index contributed by atoms with van der Waals surface area (Å²) in [6, 6.07) is 9.61. The standard InChI is InChI=1S/C14H19NO3S/c1-4-15-13(16)10(2)18-14(17)11(3)19-12-8-6-5-7-9-12/h5-11H,4H2,1-3H3,(H,15,16)/t10-,11+/m0/s1. The van der Waals surface area contributed by atoms with Crippen LogP contribution in [0.3, 0.4) is 0 Å². The first kappa shape index (κ1) is 15.6. The van der Waals surface area contributed by atoms with Crippen LogP contribution in [0.1, 0.15) is 20.8 Å². The Bertz CT molecular complexity index is 422. The molecule has 104 valence electrons. The van der Waals surface area contributed by atoms with Crippen molar-refractivity contribution in [1.82, 2.24) is 5.32 Å². The molecule has 5 heteroatoms. The molecular weight excluding hydrogens is 262 g/mol. The van der Waals surface area contributed by atoms with E-state index in [0.29, 0.717) is 6.54 Å². The summed E-state index contributed by atoms with van der Waals surface area (Å²) in [5.41, 5.74) is 0. The molecule has 1 amide bonds. The fourth-order valence-corrected chi connectivity index (χ4v) is 2.27. The van der Waals surface area contributed by atoms with Gasteiger partial charge >= 0.3 is 5.97 Å². The first-order valence-electron chi connectivity index (χ1n) is 6.24. The van der Waals surface area contributed by atoms with Gasteiger partial charge in [-0.3, -0.25) is 9.59 Å². The highest BCUT2D eigenvalue weighted by Crippen LogP contribution is 2.23. The molecule has 4 nitrogen and oxygen atoms in total. The van der Waals surface area contributed by atoms with Crippen molar-refractivity contribution < 1.29 is 14.3 Å². The van der Waals surface area contributed by atoms with Crippen LogP contribution in [-0.4, -0.2) is 29.8 Å². The SMILES string of the molecule is CCNC(=O)[C@H](C)OC(=O)[C@@H](C)Sc1ccccc1. The number of amides is 1. The van der Waals surface area contributed by atoms with E-state index in [-0.39, 0.29) is 17.1 Å². The highest BCUT2D eigenvalue weighted by atomic mass is 32.2. The Hall–Kier alpha value is -1.49. The van der Waals surface area contributed by atoms with Crippen LogP contribution in [0, 0.1) is 0 Å². The van der Waals surface area contributed by atoms with Crippen molar-refractivity contribution in [3.05, 3.63) is 30.3 Å². The maximum Gasteiger partial charge on any atom is 0.319 e. The number of thioether (sulfide) groups is 1. The number of likely N-dealkylation sites (N-methyl/N-ethyl adjacent to an activating group) is 1. The van der Waals surface area contributed by atoms with Gasteiger partial charge in [0.1, 0.15) is 5.25 Å². The quantitative estimate of drug-likeness (QED) is 0.642. The smallest absolute Gasteiger partial charge is 0.319 e. The molecule has 0 radical (unpaired) electrons. The average Bonchev–Trinajstić information content (AvgIpc) is 2.40. The third-order valence-electron chi connectivity index (χ3n) is 2.40. The molecule has 1 N–H and O–H groups in total. The number of hydrogen-bond donors (Lipinski definition) is 1. The molecule has 0 bridgehead atoms. The fraction of sp³-hybridized carbons (Fsp3) is 0.429. The monoisotopic (exact) mass is 281 g/mol. The summed E-state index contributed by atoms with van der Waals surface area (Å²) in [7, 11) is 0. The van der Waals surface area contributed by atoms with Gasteiger partial charge in [-0.15, -0.1) is 11.8 Å². The van der Waals surface area contributed by atoms with E-state index in [2.05, 4.69) is 5.32 Å². The van der Waals surface area contributed by atoms with Crippen molar-refractivity contribution in [2.75, 3.05) is 6.54 Å². The number of esters is 1. The van der Waals surface area contributed by atoms with Crippen LogP contribution < -0.4 is 5.32 Å². The van der Waals surface area contributed by atoms with Crippen molar-refractivity contribution in [2.45, 2.75) is 37.0 Å². The molecule has 0 saturated carbocycles. The van der Waals surface area contributed by atoms with Crippen molar-refractivity contribution in [2.24, 2.45) is 0 Å². The van der Waals surface area contributed by atoms with Crippen LogP contribution in [0.4, 0.5) is 0 Å². The zero-order valence-electron chi connectivity index (χ0n) is 11.4. The van der Waals surface area contributed by atoms with Crippen molar-refractivity contribution >= 4 is 23.6 Å². The van der Waals surface area contributed by atoms with Gasteiger partial charge in [-0.25, -0.2) is 0 Å². The molecule has 0 aliphatic carbocycles. The van der Waals surface area contributed by atoms with Crippen molar-refractivity contribution in [3.8, 4) is 0 Å². The lowest BCUT2D eigenvalue weighted by molar-refractivity contribution is -0.153. The fourth-order valence-electron chi connectivity index (χ4n) is 1.39. The molecule has 1 aromatic rings. The molecule has 0 aromatic heterocycles. The highest BCUT2D eigenvalue weighted by molar-refractivity contribution is 8.00. The van der Waals surface area contributed by atoms with Crippen LogP contribution in [-0.2, 0) is 14.3 Å². The van der Waals surface area contributed by atoms with E-state index >= 15 is 0 Å². The maximum atomic E-state index is 11.8. The third-order valence-corrected chi connectivity index (χ3v) is 3.49. The second kappa shape index (κ2) is 7.84. The van der Waals surface area contributed by atoms with E-state index in [9.17, 15) is 9.59 Å². The normalized spacial score (nSPS) is 13.4. The lowest BCUT2D eigenvalue weighted by atomic mass is 10.3. The molecule has 0 aliphatic heterocycles. The summed E-state index contributed by atoms with van der Waals surface area (Å²) >= 11 is 1.41. The van der Waals surface area contributed by atoms with Gasteiger partial charge in [0.05, 0.1) is 0 Å². The van der Waals surface area contributed by atoms with E-state index < -0.39 is 6.10 Å². The van der Waals surface area contributed by atoms with Crippen LogP contribution in [0.2, 0.25) is 0 Å². The summed E-state index contributed by atoms with van der Waals surface area (Å²) in [5.74, 6) is -0.652. The van der Waals surface area contributed by atoms with E-state index in [0.717, 1.165) is 4.90 Å². The zero-order valence-corrected chi connectivity index (χ0v) is 12.2. The molecule has 0 unspecified atom stereocenters. The highest BCUT2D eigenvalue weighted by Gasteiger charge is 2.22. The van der Waals surface area contributed by atoms with E-state index in [1.807, 2.05) is 37.3 Å². The van der Waals surface area contributed by atoms with E-state index in [1.165, 1.54) is 11.8 Å². The molecule has 0 fully saturated rings. The minimum Gasteiger partial charge on any atom is -0.452 e. The van der Waals surface area contributed by atoms with Crippen molar-refractivity contribution in [3.63, 3.8) is 0 Å². The lowest BCUT2D eigenvalue weighted by Crippen LogP contribution is -2.37. The molecule has 0 aliphatic rings. The number of ether oxygens (including phenoxy) is 1. The Balaban J connectivity index is 2.47. The first-order chi connectivity index (χ1) is 9.04. The molecular formula is C14H19NO3S. The Morgan fingerprint density at radius 2 is 1.89 bits per heavy atom. The van der Waals surface area contributed by atoms with E-state index in [1.54, 1.807) is 13.8 Å². The predicted octanol–water partition coefficient (Wildman–Crippen LogP) is 2.24. The molecule has 19 heavy (non-hydrogen) atoms. The molecule has 1 aromatic carbocycles. The van der Waals surface area contributed by atoms with Crippen LogP contribution in [0.15, 0.2) is 35.2 Å². The Labute approximate surface area is 117 Å². The Morgan fingerprint density at radius 3 is 2.47 bits per heavy atom. The van der Waals surface area contributed by atoms with Crippen LogP contribution >= 0.6 is 11.8 Å². The molecule has 0 heterocycles. The Kier molecular flexibility index (Phi) is 6.42. The number of carbonyl (C=O) groups is 2. The summed E-state index contributed by atoms with van der Waals surface area (Å²) < 4.78 is 5.13. The van der Waals surface area contributed by atoms with Gasteiger partial charge in [0.15, 0.2) is 6.10 Å². The van der Waals surface area contributed by atoms with Gasteiger partial charge < -0.3 is 10.1 Å². The number of nitrogens with one attached hydrogen (secondary N) is 1. The minimum absolute atomic E-state index is 0.271. The second-order valence-electron chi connectivity index (χ2n) is 4.05. The average molecular weight is 281 g/mol. The topological polar surface area (TPSA) is 55.4 Å². The van der Waals surface area contributed by atoms with E-state index in [4.69, 9.17) is 4.74 Å². The molecule has 0 spiro atoms. The van der Waals surface area contributed by atoms with Gasteiger partial charge in [0.2, 0.25) is 0 Å². The van der Waals surface area contributed by atoms with Crippen molar-refractivity contribution in [1.29, 1.82) is 0 Å². The second-order valence-corrected chi connectivity index (χ2v) is 5.46. The van der Waals surface area contributed by atoms with Gasteiger partial charge in [-0.1, -0.05) is 18.2 Å². The summed E-state index contributed by atoms with van der Waals surface area (Å²) in [5, 5.41) is 2.27. The molecule has 2 atom stereocenters. The number of rotatable bonds is 6. The number of benzene rings is 1. The van der Waals surface area contributed by atoms with Gasteiger partial charge in [0.25, 0.3) is 5.91 Å². The zero-order chi connectivity index (χ0) is 14.3. The largest absolute Gasteiger partial charge is 0.452 e. The van der Waals surface area contributed by atoms with Crippen LogP contribution in [0.5, 0.6) is 0 Å². The summed E-state index contributed by atoms with van der Waals surface area (Å²) in [6.07, 6.45) is -0.758. The van der Waals surface area contributed by atoms with Gasteiger partial charge in [-0.2, -0.15) is 0 Å². The molecule has 1 rings (SSSR count). The van der Waals surface area contributed by atoms with Gasteiger partial charge in [-0.05, 0) is 32.9 Å². The number of hydrogen-bond acceptors (Lipinski definition) is 4. The Morgan fingerprint density at radius 1 is 1.26 bits per heavy atom. The number of carbonyl (C=O) groups excluding carboxylic acids is 2. The lowest BCUT2D eigenvalue weighted by Gasteiger charge is -2.16. The third kappa shape index (κ3) is 5.34. The summed E-state index contributed by atoms with van der Waals surface area (Å²) in [4.78, 5) is 24.3. The summed E-state index contributed by atoms with van der Waals surface area (Å²) in [6.45, 7) is 5.68.